The van der Waals surface area contributed by atoms with Gasteiger partial charge in [0.05, 0.1) is 6.61 Å². The van der Waals surface area contributed by atoms with E-state index < -0.39 is 44.3 Å². The molecule has 2 N–H and O–H groups in total. The molecule has 0 heterocycles. The number of esters is 1. The van der Waals surface area contributed by atoms with Gasteiger partial charge in [0.15, 0.2) is 6.61 Å². The van der Waals surface area contributed by atoms with Crippen LogP contribution in [0, 0.1) is 0 Å². The highest BCUT2D eigenvalue weighted by Crippen LogP contribution is 2.57. The molecule has 37 heavy (non-hydrogen) atoms. The molecule has 0 fully saturated rings. The number of ether oxygens (including phenoxy) is 2. The minimum Gasteiger partial charge on any atom is -0.464 e. The zero-order valence-electron chi connectivity index (χ0n) is 20.4. The van der Waals surface area contributed by atoms with Gasteiger partial charge in [-0.25, -0.2) is 9.59 Å². The number of hydrogen-bond donors (Lipinski definition) is 2. The number of benzene rings is 3. The van der Waals surface area contributed by atoms with Gasteiger partial charge in [-0.05, 0) is 30.2 Å². The highest BCUT2D eigenvalue weighted by molar-refractivity contribution is 7.67. The second-order valence-corrected chi connectivity index (χ2v) is 10.3. The van der Waals surface area contributed by atoms with E-state index in [1.54, 1.807) is 67.6 Å². The van der Waals surface area contributed by atoms with Gasteiger partial charge in [-0.3, -0.25) is 9.36 Å². The molecule has 0 aliphatic carbocycles. The SMILES string of the molecule is CCOC(=O)COP(=O)(c1ccccc1)C(NC(=O)CNC(=O)OCc1ccccc1)c1ccccc1. The highest BCUT2D eigenvalue weighted by atomic mass is 31.2. The van der Waals surface area contributed by atoms with Crippen LogP contribution in [-0.2, 0) is 34.8 Å². The van der Waals surface area contributed by atoms with Crippen molar-refractivity contribution in [3.05, 3.63) is 102 Å². The van der Waals surface area contributed by atoms with Crippen LogP contribution in [-0.4, -0.2) is 37.7 Å². The lowest BCUT2D eigenvalue weighted by atomic mass is 10.2. The molecule has 3 aromatic rings. The average Bonchev–Trinajstić information content (AvgIpc) is 2.94. The van der Waals surface area contributed by atoms with Crippen molar-refractivity contribution in [1.82, 2.24) is 10.6 Å². The lowest BCUT2D eigenvalue weighted by molar-refractivity contribution is -0.145. The van der Waals surface area contributed by atoms with Crippen molar-refractivity contribution >= 4 is 30.6 Å². The second-order valence-electron chi connectivity index (χ2n) is 7.81. The molecule has 194 valence electrons. The fourth-order valence-corrected chi connectivity index (χ4v) is 5.77. The number of carbonyl (C=O) groups is 3. The van der Waals surface area contributed by atoms with E-state index in [9.17, 15) is 18.9 Å². The zero-order chi connectivity index (χ0) is 26.5. The molecule has 9 nitrogen and oxygen atoms in total. The Bertz CT molecular complexity index is 1210. The van der Waals surface area contributed by atoms with E-state index in [1.807, 2.05) is 30.3 Å². The summed E-state index contributed by atoms with van der Waals surface area (Å²) in [6.45, 7) is 0.848. The summed E-state index contributed by atoms with van der Waals surface area (Å²) in [5.41, 5.74) is 1.30. The zero-order valence-corrected chi connectivity index (χ0v) is 21.3. The van der Waals surface area contributed by atoms with Gasteiger partial charge in [0.1, 0.15) is 18.9 Å². The van der Waals surface area contributed by atoms with Crippen LogP contribution < -0.4 is 15.9 Å². The maximum absolute atomic E-state index is 14.4. The molecule has 0 aliphatic rings. The molecule has 3 rings (SSSR count). The molecule has 2 unspecified atom stereocenters. The smallest absolute Gasteiger partial charge is 0.407 e. The van der Waals surface area contributed by atoms with Gasteiger partial charge in [0, 0.05) is 5.30 Å². The Morgan fingerprint density at radius 1 is 0.838 bits per heavy atom. The van der Waals surface area contributed by atoms with Crippen LogP contribution in [0.2, 0.25) is 0 Å². The second kappa shape index (κ2) is 14.0. The van der Waals surface area contributed by atoms with Crippen LogP contribution in [0.4, 0.5) is 4.79 Å². The first kappa shape index (κ1) is 27.6. The summed E-state index contributed by atoms with van der Waals surface area (Å²) in [7, 11) is -3.91. The Morgan fingerprint density at radius 2 is 1.43 bits per heavy atom. The normalized spacial score (nSPS) is 13.0. The van der Waals surface area contributed by atoms with Crippen LogP contribution in [0.25, 0.3) is 0 Å². The molecule has 10 heteroatoms. The monoisotopic (exact) mass is 524 g/mol. The number of hydrogen-bond acceptors (Lipinski definition) is 7. The van der Waals surface area contributed by atoms with Crippen LogP contribution in [0.15, 0.2) is 91.0 Å². The van der Waals surface area contributed by atoms with Crippen molar-refractivity contribution in [2.45, 2.75) is 19.3 Å². The van der Waals surface area contributed by atoms with E-state index in [2.05, 4.69) is 10.6 Å². The number of amides is 2. The summed E-state index contributed by atoms with van der Waals surface area (Å²) in [5.74, 6) is -2.44. The molecule has 0 saturated heterocycles. The van der Waals surface area contributed by atoms with Gasteiger partial charge in [-0.1, -0.05) is 78.9 Å². The Kier molecular flexibility index (Phi) is 10.4. The summed E-state index contributed by atoms with van der Waals surface area (Å²) >= 11 is 0. The van der Waals surface area contributed by atoms with Crippen molar-refractivity contribution in [2.75, 3.05) is 19.8 Å². The summed E-state index contributed by atoms with van der Waals surface area (Å²) in [6, 6.07) is 26.1. The lowest BCUT2D eigenvalue weighted by Crippen LogP contribution is -2.40. The molecule has 0 radical (unpaired) electrons. The third-order valence-corrected chi connectivity index (χ3v) is 7.79. The van der Waals surface area contributed by atoms with E-state index in [0.29, 0.717) is 10.9 Å². The minimum atomic E-state index is -3.91. The fraction of sp³-hybridized carbons (Fsp3) is 0.222. The molecule has 0 aliphatic heterocycles. The van der Waals surface area contributed by atoms with Gasteiger partial charge < -0.3 is 24.6 Å². The maximum Gasteiger partial charge on any atom is 0.407 e. The van der Waals surface area contributed by atoms with E-state index in [4.69, 9.17) is 14.0 Å². The maximum atomic E-state index is 14.4. The van der Waals surface area contributed by atoms with E-state index in [0.717, 1.165) is 5.56 Å². The number of nitrogens with one attached hydrogen (secondary N) is 2. The molecular weight excluding hydrogens is 495 g/mol. The van der Waals surface area contributed by atoms with Gasteiger partial charge in [-0.2, -0.15) is 0 Å². The molecule has 0 spiro atoms. The Hall–Kier alpha value is -3.94. The van der Waals surface area contributed by atoms with E-state index in [1.165, 1.54) is 0 Å². The third kappa shape index (κ3) is 8.31. The molecule has 2 atom stereocenters. The molecule has 0 saturated carbocycles. The Balaban J connectivity index is 1.76. The van der Waals surface area contributed by atoms with Crippen LogP contribution in [0.1, 0.15) is 23.8 Å². The average molecular weight is 525 g/mol. The number of carbonyl (C=O) groups excluding carboxylic acids is 3. The van der Waals surface area contributed by atoms with E-state index >= 15 is 0 Å². The molecule has 2 amide bonds. The summed E-state index contributed by atoms with van der Waals surface area (Å²) in [4.78, 5) is 37.0. The predicted molar refractivity (Wildman–Crippen MR) is 138 cm³/mol. The Labute approximate surface area is 215 Å². The third-order valence-electron chi connectivity index (χ3n) is 5.15. The van der Waals surface area contributed by atoms with Crippen molar-refractivity contribution in [2.24, 2.45) is 0 Å². The number of rotatable bonds is 12. The molecule has 0 bridgehead atoms. The van der Waals surface area contributed by atoms with Crippen LogP contribution in [0.5, 0.6) is 0 Å². The van der Waals surface area contributed by atoms with Crippen molar-refractivity contribution < 1.29 is 32.9 Å². The minimum absolute atomic E-state index is 0.0475. The molecule has 0 aromatic heterocycles. The van der Waals surface area contributed by atoms with Crippen LogP contribution >= 0.6 is 7.37 Å². The van der Waals surface area contributed by atoms with Crippen molar-refractivity contribution in [1.29, 1.82) is 0 Å². The predicted octanol–water partition coefficient (Wildman–Crippen LogP) is 3.91. The molecular formula is C27H29N2O7P. The van der Waals surface area contributed by atoms with Crippen molar-refractivity contribution in [3.63, 3.8) is 0 Å². The summed E-state index contributed by atoms with van der Waals surface area (Å²) < 4.78 is 30.2. The first-order valence-electron chi connectivity index (χ1n) is 11.7. The first-order chi connectivity index (χ1) is 17.9. The highest BCUT2D eigenvalue weighted by Gasteiger charge is 2.39. The standard InChI is InChI=1S/C27H29N2O7P/c1-2-34-25(31)20-36-37(33,23-16-10-5-11-17-23)26(22-14-8-4-9-15-22)29-24(30)18-28-27(32)35-19-21-12-6-3-7-13-21/h3-17,26H,2,18-20H2,1H3,(H,28,32)(H,29,30). The molecule has 3 aromatic carbocycles. The van der Waals surface area contributed by atoms with Gasteiger partial charge in [0.25, 0.3) is 7.37 Å². The fourth-order valence-electron chi connectivity index (χ4n) is 3.42. The number of alkyl carbamates (subject to hydrolysis) is 1. The van der Waals surface area contributed by atoms with Gasteiger partial charge in [-0.15, -0.1) is 0 Å². The summed E-state index contributed by atoms with van der Waals surface area (Å²) in [6.07, 6.45) is -0.778. The van der Waals surface area contributed by atoms with E-state index in [-0.39, 0.29) is 13.2 Å². The van der Waals surface area contributed by atoms with Gasteiger partial charge in [0.2, 0.25) is 5.91 Å². The largest absolute Gasteiger partial charge is 0.464 e. The Morgan fingerprint density at radius 3 is 2.05 bits per heavy atom. The lowest BCUT2D eigenvalue weighted by Gasteiger charge is -2.29. The van der Waals surface area contributed by atoms with Crippen molar-refractivity contribution in [3.8, 4) is 0 Å². The summed E-state index contributed by atoms with van der Waals surface area (Å²) in [5, 5.41) is 5.41. The quantitative estimate of drug-likeness (QED) is 0.272. The van der Waals surface area contributed by atoms with Crippen LogP contribution in [0.3, 0.4) is 0 Å². The topological polar surface area (TPSA) is 120 Å². The van der Waals surface area contributed by atoms with Gasteiger partial charge >= 0.3 is 12.1 Å². The first-order valence-corrected chi connectivity index (χ1v) is 13.4.